The van der Waals surface area contributed by atoms with E-state index in [0.29, 0.717) is 6.61 Å². The van der Waals surface area contributed by atoms with Gasteiger partial charge < -0.3 is 4.74 Å². The molecule has 38 heavy (non-hydrogen) atoms. The Morgan fingerprint density at radius 3 is 2.55 bits per heavy atom. The molecular weight excluding hydrogens is 533 g/mol. The molecule has 0 bridgehead atoms. The third-order valence-electron chi connectivity index (χ3n) is 5.46. The molecule has 0 aliphatic heterocycles. The molecule has 0 saturated heterocycles. The highest BCUT2D eigenvalue weighted by Gasteiger charge is 2.09. The molecule has 6 nitrogen and oxygen atoms in total. The second kappa shape index (κ2) is 13.2. The molecule has 0 atom stereocenters. The van der Waals surface area contributed by atoms with Gasteiger partial charge in [0.15, 0.2) is 8.68 Å². The van der Waals surface area contributed by atoms with Crippen LogP contribution in [0.4, 0.5) is 0 Å². The van der Waals surface area contributed by atoms with Crippen LogP contribution in [0.25, 0.3) is 10.8 Å². The smallest absolute Gasteiger partial charge is 0.250 e. The summed E-state index contributed by atoms with van der Waals surface area (Å²) in [5, 5.41) is 15.1. The summed E-state index contributed by atoms with van der Waals surface area (Å²) in [5.41, 5.74) is 5.77. The van der Waals surface area contributed by atoms with Gasteiger partial charge in [-0.25, -0.2) is 5.43 Å². The summed E-state index contributed by atoms with van der Waals surface area (Å²) in [7, 11) is 0. The lowest BCUT2D eigenvalue weighted by molar-refractivity contribution is -0.118. The topological polar surface area (TPSA) is 76.5 Å². The Bertz CT molecular complexity index is 1530. The first-order chi connectivity index (χ1) is 18.7. The van der Waals surface area contributed by atoms with Crippen molar-refractivity contribution >= 4 is 57.8 Å². The first-order valence-electron chi connectivity index (χ1n) is 11.9. The molecule has 4 aromatic carbocycles. The summed E-state index contributed by atoms with van der Waals surface area (Å²) < 4.78 is 7.49. The number of nitrogens with zero attached hydrogens (tertiary/aromatic N) is 3. The number of ether oxygens (including phenoxy) is 1. The predicted molar refractivity (Wildman–Crippen MR) is 157 cm³/mol. The van der Waals surface area contributed by atoms with Gasteiger partial charge in [0.05, 0.1) is 12.0 Å². The van der Waals surface area contributed by atoms with Crippen LogP contribution in [0.5, 0.6) is 5.75 Å². The van der Waals surface area contributed by atoms with Gasteiger partial charge in [-0.2, -0.15) is 5.10 Å². The second-order valence-electron chi connectivity index (χ2n) is 8.19. The Hall–Kier alpha value is -3.66. The van der Waals surface area contributed by atoms with Gasteiger partial charge in [0.25, 0.3) is 5.91 Å². The van der Waals surface area contributed by atoms with Crippen LogP contribution in [0.15, 0.2) is 111 Å². The minimum Gasteiger partial charge on any atom is -0.489 e. The highest BCUT2D eigenvalue weighted by atomic mass is 32.2. The molecule has 0 radical (unpaired) electrons. The summed E-state index contributed by atoms with van der Waals surface area (Å²) in [6, 6.07) is 32.3. The SMILES string of the molecule is O=C(CSc1nnc(SCc2cccc3ccccc23)s1)NN=Cc1cccc(OCc2ccccc2)c1. The van der Waals surface area contributed by atoms with E-state index in [4.69, 9.17) is 4.74 Å². The van der Waals surface area contributed by atoms with Gasteiger partial charge in [0.2, 0.25) is 0 Å². The molecule has 0 saturated carbocycles. The zero-order chi connectivity index (χ0) is 26.0. The molecule has 0 unspecified atom stereocenters. The minimum absolute atomic E-state index is 0.206. The monoisotopic (exact) mass is 556 g/mol. The lowest BCUT2D eigenvalue weighted by Crippen LogP contribution is -2.19. The molecule has 1 amide bonds. The van der Waals surface area contributed by atoms with Crippen LogP contribution in [0.3, 0.4) is 0 Å². The number of carbonyl (C=O) groups is 1. The molecule has 1 aromatic heterocycles. The standard InChI is InChI=1S/C29H24N4O2S3/c34-27(31-30-17-22-10-6-14-25(16-22)35-18-21-8-2-1-3-9-21)20-37-29-33-32-28(38-29)36-19-24-13-7-12-23-11-4-5-15-26(23)24/h1-17H,18-20H2,(H,31,34). The van der Waals surface area contributed by atoms with Crippen LogP contribution < -0.4 is 10.2 Å². The summed E-state index contributed by atoms with van der Waals surface area (Å²) in [6.45, 7) is 0.490. The highest BCUT2D eigenvalue weighted by Crippen LogP contribution is 2.32. The van der Waals surface area contributed by atoms with E-state index in [1.807, 2.05) is 54.6 Å². The molecule has 0 fully saturated rings. The predicted octanol–water partition coefficient (Wildman–Crippen LogP) is 6.81. The molecule has 9 heteroatoms. The average molecular weight is 557 g/mol. The Morgan fingerprint density at radius 1 is 0.895 bits per heavy atom. The maximum absolute atomic E-state index is 12.3. The van der Waals surface area contributed by atoms with E-state index in [2.05, 4.69) is 63.2 Å². The number of nitrogens with one attached hydrogen (secondary N) is 1. The Labute approximate surface area is 233 Å². The summed E-state index contributed by atoms with van der Waals surface area (Å²) in [5.74, 6) is 1.56. The lowest BCUT2D eigenvalue weighted by atomic mass is 10.1. The number of hydrazone groups is 1. The molecule has 0 spiro atoms. The van der Waals surface area contributed by atoms with E-state index in [-0.39, 0.29) is 11.7 Å². The molecule has 1 N–H and O–H groups in total. The second-order valence-corrected chi connectivity index (χ2v) is 11.6. The highest BCUT2D eigenvalue weighted by molar-refractivity contribution is 8.03. The average Bonchev–Trinajstić information content (AvgIpc) is 3.42. The van der Waals surface area contributed by atoms with Crippen molar-refractivity contribution in [3.05, 3.63) is 114 Å². The lowest BCUT2D eigenvalue weighted by Gasteiger charge is -2.06. The minimum atomic E-state index is -0.206. The van der Waals surface area contributed by atoms with Crippen LogP contribution in [0.1, 0.15) is 16.7 Å². The van der Waals surface area contributed by atoms with Gasteiger partial charge in [0, 0.05) is 5.75 Å². The maximum atomic E-state index is 12.3. The van der Waals surface area contributed by atoms with Gasteiger partial charge in [-0.1, -0.05) is 120 Å². The van der Waals surface area contributed by atoms with Crippen molar-refractivity contribution in [1.82, 2.24) is 15.6 Å². The van der Waals surface area contributed by atoms with Crippen LogP contribution in [0, 0.1) is 0 Å². The molecule has 5 rings (SSSR count). The van der Waals surface area contributed by atoms with E-state index >= 15 is 0 Å². The van der Waals surface area contributed by atoms with Gasteiger partial charge in [-0.3, -0.25) is 4.79 Å². The third-order valence-corrected chi connectivity index (χ3v) is 8.69. The number of amides is 1. The molecule has 5 aromatic rings. The van der Waals surface area contributed by atoms with Crippen molar-refractivity contribution in [3.63, 3.8) is 0 Å². The fourth-order valence-corrected chi connectivity index (χ4v) is 6.45. The number of rotatable bonds is 11. The first-order valence-corrected chi connectivity index (χ1v) is 14.7. The number of fused-ring (bicyclic) bond motifs is 1. The van der Waals surface area contributed by atoms with Crippen LogP contribution in [0.2, 0.25) is 0 Å². The van der Waals surface area contributed by atoms with Crippen LogP contribution >= 0.6 is 34.9 Å². The fourth-order valence-electron chi connectivity index (χ4n) is 3.64. The normalized spacial score (nSPS) is 11.2. The van der Waals surface area contributed by atoms with Crippen molar-refractivity contribution in [1.29, 1.82) is 0 Å². The zero-order valence-corrected chi connectivity index (χ0v) is 22.8. The number of carbonyl (C=O) groups excluding carboxylic acids is 1. The van der Waals surface area contributed by atoms with E-state index in [1.165, 1.54) is 39.4 Å². The largest absolute Gasteiger partial charge is 0.489 e. The van der Waals surface area contributed by atoms with Crippen molar-refractivity contribution in [2.75, 3.05) is 5.75 Å². The molecule has 0 aliphatic carbocycles. The summed E-state index contributed by atoms with van der Waals surface area (Å²) in [4.78, 5) is 12.3. The van der Waals surface area contributed by atoms with Crippen molar-refractivity contribution < 1.29 is 9.53 Å². The third kappa shape index (κ3) is 7.44. The molecular formula is C29H24N4O2S3. The zero-order valence-electron chi connectivity index (χ0n) is 20.3. The van der Waals surface area contributed by atoms with Crippen LogP contribution in [-0.2, 0) is 17.2 Å². The van der Waals surface area contributed by atoms with E-state index in [0.717, 1.165) is 31.3 Å². The van der Waals surface area contributed by atoms with Gasteiger partial charge in [-0.15, -0.1) is 10.2 Å². The van der Waals surface area contributed by atoms with Gasteiger partial charge >= 0.3 is 0 Å². The maximum Gasteiger partial charge on any atom is 0.250 e. The molecule has 1 heterocycles. The summed E-state index contributed by atoms with van der Waals surface area (Å²) >= 11 is 4.50. The van der Waals surface area contributed by atoms with E-state index in [9.17, 15) is 4.79 Å². The summed E-state index contributed by atoms with van der Waals surface area (Å²) in [6.07, 6.45) is 1.60. The molecule has 0 aliphatic rings. The van der Waals surface area contributed by atoms with E-state index in [1.54, 1.807) is 18.0 Å². The van der Waals surface area contributed by atoms with Crippen molar-refractivity contribution in [2.24, 2.45) is 5.10 Å². The van der Waals surface area contributed by atoms with Gasteiger partial charge in [0.1, 0.15) is 12.4 Å². The molecule has 190 valence electrons. The van der Waals surface area contributed by atoms with E-state index < -0.39 is 0 Å². The number of hydrogen-bond donors (Lipinski definition) is 1. The quantitative estimate of drug-likeness (QED) is 0.109. The Morgan fingerprint density at radius 2 is 1.66 bits per heavy atom. The number of hydrogen-bond acceptors (Lipinski definition) is 8. The van der Waals surface area contributed by atoms with Crippen molar-refractivity contribution in [3.8, 4) is 5.75 Å². The Kier molecular flexibility index (Phi) is 9.04. The Balaban J connectivity index is 1.06. The number of benzene rings is 4. The fraction of sp³-hybridized carbons (Fsp3) is 0.103. The number of aromatic nitrogens is 2. The van der Waals surface area contributed by atoms with Crippen LogP contribution in [-0.4, -0.2) is 28.1 Å². The van der Waals surface area contributed by atoms with Crippen molar-refractivity contribution in [2.45, 2.75) is 21.0 Å². The van der Waals surface area contributed by atoms with Gasteiger partial charge in [-0.05, 0) is 39.6 Å². The first kappa shape index (κ1) is 26.0. The number of thioether (sulfide) groups is 2.